The number of nitrogens with two attached hydrogens (primary N) is 1. The summed E-state index contributed by atoms with van der Waals surface area (Å²) in [5.74, 6) is 1.33. The fraction of sp³-hybridized carbons (Fsp3) is 0.714. The van der Waals surface area contributed by atoms with E-state index in [4.69, 9.17) is 5.73 Å². The molecule has 0 aromatic rings. The Morgan fingerprint density at radius 1 is 1.67 bits per heavy atom. The molecule has 1 unspecified atom stereocenters. The summed E-state index contributed by atoms with van der Waals surface area (Å²) in [7, 11) is 0. The van der Waals surface area contributed by atoms with Crippen LogP contribution in [0.4, 0.5) is 0 Å². The van der Waals surface area contributed by atoms with Crippen LogP contribution >= 0.6 is 11.8 Å². The largest absolute Gasteiger partial charge is 0.327 e. The number of hydrogen-bond acceptors (Lipinski definition) is 2. The smallest absolute Gasteiger partial charge is 0.0227 e. The highest BCUT2D eigenvalue weighted by Crippen LogP contribution is 2.26. The first-order valence-corrected chi connectivity index (χ1v) is 4.46. The van der Waals surface area contributed by atoms with Crippen LogP contribution in [-0.2, 0) is 0 Å². The van der Waals surface area contributed by atoms with Crippen molar-refractivity contribution in [3.8, 4) is 0 Å². The minimum absolute atomic E-state index is 0.692. The van der Waals surface area contributed by atoms with Gasteiger partial charge >= 0.3 is 0 Å². The van der Waals surface area contributed by atoms with Crippen LogP contribution in [0, 0.1) is 0 Å². The third-order valence-corrected chi connectivity index (χ3v) is 2.80. The van der Waals surface area contributed by atoms with Crippen molar-refractivity contribution >= 4 is 11.8 Å². The Hall–Kier alpha value is 0.0500. The van der Waals surface area contributed by atoms with Gasteiger partial charge in [0.25, 0.3) is 0 Å². The molecular weight excluding hydrogens is 130 g/mol. The van der Waals surface area contributed by atoms with E-state index in [1.807, 2.05) is 11.8 Å². The van der Waals surface area contributed by atoms with Crippen LogP contribution in [0.3, 0.4) is 0 Å². The highest BCUT2D eigenvalue weighted by Gasteiger charge is 2.10. The molecule has 1 atom stereocenters. The van der Waals surface area contributed by atoms with Crippen molar-refractivity contribution in [1.29, 1.82) is 0 Å². The van der Waals surface area contributed by atoms with Crippen LogP contribution in [0.2, 0.25) is 0 Å². The molecule has 1 aliphatic rings. The maximum atomic E-state index is 5.31. The number of hydrogen-bond donors (Lipinski definition) is 1. The van der Waals surface area contributed by atoms with E-state index in [1.54, 1.807) is 0 Å². The minimum Gasteiger partial charge on any atom is -0.327 e. The summed E-state index contributed by atoms with van der Waals surface area (Å²) >= 11 is 2.04. The van der Waals surface area contributed by atoms with Crippen LogP contribution in [-0.4, -0.2) is 17.5 Å². The molecule has 1 nitrogen and oxygen atoms in total. The Bertz CT molecular complexity index is 95.1. The van der Waals surface area contributed by atoms with Crippen LogP contribution < -0.4 is 5.73 Å². The summed E-state index contributed by atoms with van der Waals surface area (Å²) in [5, 5.41) is 0.772. The summed E-state index contributed by atoms with van der Waals surface area (Å²) in [5.41, 5.74) is 5.31. The molecule has 0 aliphatic carbocycles. The van der Waals surface area contributed by atoms with E-state index in [2.05, 4.69) is 12.2 Å². The molecule has 1 fully saturated rings. The third-order valence-electron chi connectivity index (χ3n) is 1.45. The zero-order chi connectivity index (χ0) is 6.53. The second-order valence-electron chi connectivity index (χ2n) is 2.22. The van der Waals surface area contributed by atoms with Gasteiger partial charge in [-0.25, -0.2) is 0 Å². The zero-order valence-electron chi connectivity index (χ0n) is 5.55. The lowest BCUT2D eigenvalue weighted by Crippen LogP contribution is -1.96. The van der Waals surface area contributed by atoms with Gasteiger partial charge in [0.15, 0.2) is 0 Å². The molecule has 2 heteroatoms. The molecule has 52 valence electrons. The quantitative estimate of drug-likeness (QED) is 0.591. The Morgan fingerprint density at radius 3 is 3.11 bits per heavy atom. The fourth-order valence-electron chi connectivity index (χ4n) is 0.985. The molecule has 0 radical (unpaired) electrons. The highest BCUT2D eigenvalue weighted by molar-refractivity contribution is 8.00. The van der Waals surface area contributed by atoms with Crippen LogP contribution in [0.15, 0.2) is 12.2 Å². The summed E-state index contributed by atoms with van der Waals surface area (Å²) in [6.45, 7) is 0.692. The molecule has 1 rings (SSSR count). The lowest BCUT2D eigenvalue weighted by Gasteiger charge is -1.97. The normalized spacial score (nSPS) is 27.9. The van der Waals surface area contributed by atoms with E-state index in [0.29, 0.717) is 6.54 Å². The molecular formula is C7H13NS. The molecule has 1 heterocycles. The van der Waals surface area contributed by atoms with E-state index in [9.17, 15) is 0 Å². The predicted molar refractivity (Wildman–Crippen MR) is 43.7 cm³/mol. The fourth-order valence-corrected chi connectivity index (χ4v) is 2.18. The predicted octanol–water partition coefficient (Wildman–Crippen LogP) is 1.40. The average Bonchev–Trinajstić information content (AvgIpc) is 2.34. The minimum atomic E-state index is 0.692. The van der Waals surface area contributed by atoms with E-state index < -0.39 is 0 Å². The van der Waals surface area contributed by atoms with Crippen molar-refractivity contribution < 1.29 is 0 Å². The van der Waals surface area contributed by atoms with Crippen LogP contribution in [0.1, 0.15) is 12.8 Å². The topological polar surface area (TPSA) is 26.0 Å². The summed E-state index contributed by atoms with van der Waals surface area (Å²) in [6, 6.07) is 0. The van der Waals surface area contributed by atoms with Gasteiger partial charge in [0.1, 0.15) is 0 Å². The van der Waals surface area contributed by atoms with Gasteiger partial charge in [-0.15, -0.1) is 0 Å². The molecule has 1 aliphatic heterocycles. The van der Waals surface area contributed by atoms with E-state index >= 15 is 0 Å². The first kappa shape index (κ1) is 7.16. The SMILES string of the molecule is NC/C=C/C1CCCS1. The summed E-state index contributed by atoms with van der Waals surface area (Å²) < 4.78 is 0. The van der Waals surface area contributed by atoms with Crippen LogP contribution in [0.25, 0.3) is 0 Å². The molecule has 2 N–H and O–H groups in total. The number of thioether (sulfide) groups is 1. The second-order valence-corrected chi connectivity index (χ2v) is 3.56. The maximum absolute atomic E-state index is 5.31. The van der Waals surface area contributed by atoms with E-state index in [-0.39, 0.29) is 0 Å². The first-order chi connectivity index (χ1) is 4.43. The second kappa shape index (κ2) is 3.96. The highest BCUT2D eigenvalue weighted by atomic mass is 32.2. The number of rotatable bonds is 2. The van der Waals surface area contributed by atoms with Crippen molar-refractivity contribution in [2.24, 2.45) is 5.73 Å². The molecule has 0 spiro atoms. The van der Waals surface area contributed by atoms with Gasteiger partial charge in [0.2, 0.25) is 0 Å². The Labute approximate surface area is 60.7 Å². The molecule has 9 heavy (non-hydrogen) atoms. The molecule has 0 amide bonds. The van der Waals surface area contributed by atoms with Crippen molar-refractivity contribution in [3.05, 3.63) is 12.2 Å². The van der Waals surface area contributed by atoms with Gasteiger partial charge in [-0.2, -0.15) is 11.8 Å². The van der Waals surface area contributed by atoms with Gasteiger partial charge in [-0.1, -0.05) is 12.2 Å². The first-order valence-electron chi connectivity index (χ1n) is 3.42. The Morgan fingerprint density at radius 2 is 2.56 bits per heavy atom. The molecule has 0 aromatic heterocycles. The molecule has 0 bridgehead atoms. The summed E-state index contributed by atoms with van der Waals surface area (Å²) in [6.07, 6.45) is 7.02. The van der Waals surface area contributed by atoms with Gasteiger partial charge < -0.3 is 5.73 Å². The third kappa shape index (κ3) is 2.41. The van der Waals surface area contributed by atoms with Gasteiger partial charge in [0.05, 0.1) is 0 Å². The van der Waals surface area contributed by atoms with Gasteiger partial charge in [-0.05, 0) is 18.6 Å². The zero-order valence-corrected chi connectivity index (χ0v) is 6.36. The van der Waals surface area contributed by atoms with Crippen molar-refractivity contribution in [1.82, 2.24) is 0 Å². The van der Waals surface area contributed by atoms with Gasteiger partial charge in [0, 0.05) is 11.8 Å². The van der Waals surface area contributed by atoms with Crippen LogP contribution in [0.5, 0.6) is 0 Å². The Kier molecular flexibility index (Phi) is 3.15. The molecule has 0 aromatic carbocycles. The van der Waals surface area contributed by atoms with Gasteiger partial charge in [-0.3, -0.25) is 0 Å². The van der Waals surface area contributed by atoms with Crippen molar-refractivity contribution in [2.45, 2.75) is 18.1 Å². The Balaban J connectivity index is 2.18. The lowest BCUT2D eigenvalue weighted by molar-refractivity contribution is 0.879. The van der Waals surface area contributed by atoms with Crippen molar-refractivity contribution in [3.63, 3.8) is 0 Å². The standard InChI is InChI=1S/C7H13NS/c8-5-1-3-7-4-2-6-9-7/h1,3,7H,2,4-6,8H2/b3-1+. The maximum Gasteiger partial charge on any atom is 0.0227 e. The summed E-state index contributed by atoms with van der Waals surface area (Å²) in [4.78, 5) is 0. The monoisotopic (exact) mass is 143 g/mol. The molecule has 0 saturated carbocycles. The van der Waals surface area contributed by atoms with Crippen molar-refractivity contribution in [2.75, 3.05) is 12.3 Å². The average molecular weight is 143 g/mol. The van der Waals surface area contributed by atoms with E-state index in [1.165, 1.54) is 18.6 Å². The molecule has 1 saturated heterocycles. The van der Waals surface area contributed by atoms with E-state index in [0.717, 1.165) is 5.25 Å². The lowest BCUT2D eigenvalue weighted by atomic mass is 10.2.